The van der Waals surface area contributed by atoms with Crippen molar-refractivity contribution in [2.45, 2.75) is 44.6 Å². The maximum Gasteiger partial charge on any atom is 0.250 e. The van der Waals surface area contributed by atoms with Gasteiger partial charge in [-0.2, -0.15) is 4.31 Å². The zero-order valence-electron chi connectivity index (χ0n) is 23.0. The Hall–Kier alpha value is -3.05. The number of aliphatic hydroxyl groups excluding tert-OH is 1. The van der Waals surface area contributed by atoms with E-state index in [0.717, 1.165) is 29.5 Å². The zero-order valence-corrected chi connectivity index (χ0v) is 23.8. The third-order valence-electron chi connectivity index (χ3n) is 7.11. The Morgan fingerprint density at radius 3 is 2.44 bits per heavy atom. The lowest BCUT2D eigenvalue weighted by molar-refractivity contribution is -0.127. The summed E-state index contributed by atoms with van der Waals surface area (Å²) >= 11 is 0. The second-order valence-corrected chi connectivity index (χ2v) is 12.1. The molecule has 0 saturated carbocycles. The fraction of sp³-hybridized carbons (Fsp3) is 0.448. The molecule has 1 fully saturated rings. The molecule has 0 spiro atoms. The fourth-order valence-electron chi connectivity index (χ4n) is 5.05. The molecule has 0 aromatic heterocycles. The summed E-state index contributed by atoms with van der Waals surface area (Å²) in [6.07, 6.45) is 3.91. The second kappa shape index (κ2) is 12.4. The summed E-state index contributed by atoms with van der Waals surface area (Å²) in [5.74, 6) is 0.324. The van der Waals surface area contributed by atoms with Crippen LogP contribution in [0.15, 0.2) is 51.9 Å². The molecule has 0 atom stereocenters. The number of nitrogens with one attached hydrogen (secondary N) is 1. The molecule has 2 heterocycles. The van der Waals surface area contributed by atoms with Crippen molar-refractivity contribution in [3.05, 3.63) is 53.1 Å². The number of amidine groups is 1. The van der Waals surface area contributed by atoms with Gasteiger partial charge in [-0.05, 0) is 54.8 Å². The van der Waals surface area contributed by atoms with E-state index in [2.05, 4.69) is 24.2 Å². The third kappa shape index (κ3) is 6.24. The Morgan fingerprint density at radius 2 is 1.79 bits per heavy atom. The molecule has 0 aliphatic carbocycles. The monoisotopic (exact) mass is 553 g/mol. The second-order valence-electron chi connectivity index (χ2n) is 10.2. The van der Waals surface area contributed by atoms with Gasteiger partial charge in [0.05, 0.1) is 10.6 Å². The van der Waals surface area contributed by atoms with E-state index in [4.69, 9.17) is 5.73 Å². The highest BCUT2D eigenvalue weighted by Gasteiger charge is 2.37. The highest BCUT2D eigenvalue weighted by atomic mass is 32.2. The molecule has 9 nitrogen and oxygen atoms in total. The number of fused-ring (bicyclic) bond motifs is 1. The minimum absolute atomic E-state index is 0.0156. The Kier molecular flexibility index (Phi) is 9.22. The molecule has 0 bridgehead atoms. The molecule has 39 heavy (non-hydrogen) atoms. The lowest BCUT2D eigenvalue weighted by atomic mass is 10.00. The van der Waals surface area contributed by atoms with E-state index in [1.165, 1.54) is 4.31 Å². The van der Waals surface area contributed by atoms with E-state index in [9.17, 15) is 18.3 Å². The first-order valence-electron chi connectivity index (χ1n) is 13.6. The summed E-state index contributed by atoms with van der Waals surface area (Å²) in [6, 6.07) is 11.1. The molecule has 1 amide bonds. The predicted octanol–water partition coefficient (Wildman–Crippen LogP) is 3.11. The summed E-state index contributed by atoms with van der Waals surface area (Å²) in [5, 5.41) is 12.4. The van der Waals surface area contributed by atoms with Gasteiger partial charge in [0, 0.05) is 62.8 Å². The van der Waals surface area contributed by atoms with Crippen molar-refractivity contribution in [1.82, 2.24) is 14.5 Å². The molecule has 0 radical (unpaired) electrons. The van der Waals surface area contributed by atoms with Gasteiger partial charge in [-0.3, -0.25) is 4.79 Å². The Labute approximate surface area is 231 Å². The van der Waals surface area contributed by atoms with Crippen molar-refractivity contribution < 1.29 is 18.3 Å². The van der Waals surface area contributed by atoms with Crippen molar-refractivity contribution in [1.29, 1.82) is 0 Å². The van der Waals surface area contributed by atoms with Crippen LogP contribution in [-0.2, 0) is 21.4 Å². The molecule has 4 rings (SSSR count). The first-order chi connectivity index (χ1) is 18.7. The number of nitrogens with two attached hydrogens (primary N) is 1. The predicted molar refractivity (Wildman–Crippen MR) is 155 cm³/mol. The highest BCUT2D eigenvalue weighted by molar-refractivity contribution is 7.89. The lowest BCUT2D eigenvalue weighted by Gasteiger charge is -2.37. The number of aliphatic hydroxyl groups is 1. The normalized spacial score (nSPS) is 16.1. The summed E-state index contributed by atoms with van der Waals surface area (Å²) in [5.41, 5.74) is 10.5. The molecule has 0 unspecified atom stereocenters. The molecule has 2 aromatic rings. The van der Waals surface area contributed by atoms with Crippen LogP contribution in [0.3, 0.4) is 0 Å². The van der Waals surface area contributed by atoms with E-state index in [1.54, 1.807) is 13.1 Å². The van der Waals surface area contributed by atoms with Crippen molar-refractivity contribution in [3.63, 3.8) is 0 Å². The Bertz CT molecular complexity index is 1370. The minimum atomic E-state index is -3.71. The first-order valence-corrected chi connectivity index (χ1v) is 15.0. The van der Waals surface area contributed by atoms with Gasteiger partial charge in [0.1, 0.15) is 5.84 Å². The van der Waals surface area contributed by atoms with Crippen molar-refractivity contribution in [2.24, 2.45) is 16.6 Å². The lowest BCUT2D eigenvalue weighted by Crippen LogP contribution is -2.51. The number of rotatable bonds is 11. The number of amides is 1. The van der Waals surface area contributed by atoms with Gasteiger partial charge in [0.25, 0.3) is 0 Å². The number of benzene rings is 2. The largest absolute Gasteiger partial charge is 0.396 e. The maximum absolute atomic E-state index is 13.5. The average Bonchev–Trinajstić information content (AvgIpc) is 3.05. The van der Waals surface area contributed by atoms with Crippen LogP contribution in [0.1, 0.15) is 44.2 Å². The fourth-order valence-corrected chi connectivity index (χ4v) is 6.89. The van der Waals surface area contributed by atoms with E-state index in [0.29, 0.717) is 55.4 Å². The van der Waals surface area contributed by atoms with Crippen LogP contribution < -0.4 is 11.1 Å². The molecule has 10 heteroatoms. The van der Waals surface area contributed by atoms with Gasteiger partial charge in [0.2, 0.25) is 15.9 Å². The molecule has 2 aliphatic heterocycles. The number of carbonyl (C=O) groups excluding carboxylic acids is 1. The van der Waals surface area contributed by atoms with Crippen molar-refractivity contribution in [2.75, 3.05) is 39.8 Å². The van der Waals surface area contributed by atoms with Gasteiger partial charge in [-0.1, -0.05) is 38.1 Å². The van der Waals surface area contributed by atoms with Crippen molar-refractivity contribution >= 4 is 33.5 Å². The van der Waals surface area contributed by atoms with Crippen LogP contribution in [0, 0.1) is 5.92 Å². The SMILES string of the molecule is CCCN(CCC)C(=O)C1=Cc2ccc(-c3ccc(CNC)c(S(=O)(=O)N4CC(CO)C4)c3)cc2N=C(N)C1. The van der Waals surface area contributed by atoms with Crippen LogP contribution in [0.25, 0.3) is 17.2 Å². The number of sulfonamides is 1. The summed E-state index contributed by atoms with van der Waals surface area (Å²) < 4.78 is 28.3. The molecular weight excluding hydrogens is 514 g/mol. The standard InChI is InChI=1S/C29H39N5O4S/c1-4-10-33(11-5-2)29(36)25-12-23-8-6-21(13-26(23)32-28(30)15-25)22-7-9-24(16-31-3)27(14-22)39(37,38)34-17-20(18-34)19-35/h6-9,12-14,20,31,35H,4-5,10-11,15-19H2,1-3H3,(H2,30,32). The number of aliphatic imine (C=N–C) groups is 1. The number of nitrogens with zero attached hydrogens (tertiary/aromatic N) is 3. The van der Waals surface area contributed by atoms with Gasteiger partial charge in [-0.15, -0.1) is 0 Å². The van der Waals surface area contributed by atoms with Crippen molar-refractivity contribution in [3.8, 4) is 11.1 Å². The molecule has 1 saturated heterocycles. The van der Waals surface area contributed by atoms with Crippen LogP contribution in [0.5, 0.6) is 0 Å². The van der Waals surface area contributed by atoms with E-state index in [-0.39, 0.29) is 29.7 Å². The molecule has 4 N–H and O–H groups in total. The van der Waals surface area contributed by atoms with E-state index in [1.807, 2.05) is 41.3 Å². The van der Waals surface area contributed by atoms with Gasteiger partial charge in [0.15, 0.2) is 0 Å². The van der Waals surface area contributed by atoms with Gasteiger partial charge in [-0.25, -0.2) is 13.4 Å². The molecule has 210 valence electrons. The van der Waals surface area contributed by atoms with E-state index >= 15 is 0 Å². The van der Waals surface area contributed by atoms with Crippen LogP contribution in [-0.4, -0.2) is 74.3 Å². The minimum Gasteiger partial charge on any atom is -0.396 e. The van der Waals surface area contributed by atoms with Crippen LogP contribution >= 0.6 is 0 Å². The number of hydrogen-bond donors (Lipinski definition) is 3. The van der Waals surface area contributed by atoms with Gasteiger partial charge < -0.3 is 21.1 Å². The smallest absolute Gasteiger partial charge is 0.250 e. The topological polar surface area (TPSA) is 128 Å². The quantitative estimate of drug-likeness (QED) is 0.392. The third-order valence-corrected chi connectivity index (χ3v) is 9.03. The average molecular weight is 554 g/mol. The number of carbonyl (C=O) groups is 1. The molecule has 2 aromatic carbocycles. The van der Waals surface area contributed by atoms with Crippen LogP contribution in [0.2, 0.25) is 0 Å². The zero-order chi connectivity index (χ0) is 28.2. The van der Waals surface area contributed by atoms with Gasteiger partial charge >= 0.3 is 0 Å². The summed E-state index contributed by atoms with van der Waals surface area (Å²) in [7, 11) is -1.93. The van der Waals surface area contributed by atoms with E-state index < -0.39 is 10.0 Å². The Morgan fingerprint density at radius 1 is 1.13 bits per heavy atom. The Balaban J connectivity index is 1.70. The maximum atomic E-state index is 13.5. The summed E-state index contributed by atoms with van der Waals surface area (Å²) in [4.78, 5) is 20.0. The first kappa shape index (κ1) is 28.9. The molecular formula is C29H39N5O4S. The summed E-state index contributed by atoms with van der Waals surface area (Å²) in [6.45, 7) is 6.52. The molecule has 2 aliphatic rings. The number of hydrogen-bond acceptors (Lipinski definition) is 7. The van der Waals surface area contributed by atoms with Crippen LogP contribution in [0.4, 0.5) is 5.69 Å². The highest BCUT2D eigenvalue weighted by Crippen LogP contribution is 2.35.